The van der Waals surface area contributed by atoms with Crippen molar-refractivity contribution in [2.45, 2.75) is 0 Å². The third kappa shape index (κ3) is 1.91. The maximum atomic E-state index is 4.27. The summed E-state index contributed by atoms with van der Waals surface area (Å²) in [5.41, 5.74) is 3.96. The fourth-order valence-electron chi connectivity index (χ4n) is 1.96. The van der Waals surface area contributed by atoms with Crippen molar-refractivity contribution in [1.82, 2.24) is 10.2 Å². The molecule has 0 aliphatic carbocycles. The monoisotopic (exact) mass is 235 g/mol. The molecule has 88 valence electrons. The summed E-state index contributed by atoms with van der Waals surface area (Å²) in [4.78, 5) is 0. The molecule has 0 fully saturated rings. The summed E-state index contributed by atoms with van der Waals surface area (Å²) in [6, 6.07) is 18.2. The second-order valence-electron chi connectivity index (χ2n) is 4.12. The van der Waals surface area contributed by atoms with Gasteiger partial charge in [0.2, 0.25) is 0 Å². The van der Waals surface area contributed by atoms with Gasteiger partial charge in [0.05, 0.1) is 11.2 Å². The van der Waals surface area contributed by atoms with Gasteiger partial charge in [-0.1, -0.05) is 30.3 Å². The first-order chi connectivity index (χ1) is 8.86. The zero-order chi connectivity index (χ0) is 12.4. The minimum Gasteiger partial charge on any atom is -0.388 e. The number of anilines is 1. The minimum absolute atomic E-state index is 0.894. The molecule has 18 heavy (non-hydrogen) atoms. The van der Waals surface area contributed by atoms with Crippen molar-refractivity contribution < 1.29 is 0 Å². The van der Waals surface area contributed by atoms with Gasteiger partial charge in [-0.05, 0) is 24.3 Å². The summed E-state index contributed by atoms with van der Waals surface area (Å²) in [6.07, 6.45) is 0. The van der Waals surface area contributed by atoms with Crippen LogP contribution < -0.4 is 5.32 Å². The van der Waals surface area contributed by atoms with Crippen molar-refractivity contribution in [3.63, 3.8) is 0 Å². The minimum atomic E-state index is 0.894. The van der Waals surface area contributed by atoms with Gasteiger partial charge in [-0.2, -0.15) is 0 Å². The Labute approximate surface area is 105 Å². The molecule has 0 bridgehead atoms. The van der Waals surface area contributed by atoms with E-state index < -0.39 is 0 Å². The van der Waals surface area contributed by atoms with E-state index in [-0.39, 0.29) is 0 Å². The number of nitrogens with zero attached hydrogens (tertiary/aromatic N) is 2. The maximum Gasteiger partial charge on any atom is 0.0936 e. The van der Waals surface area contributed by atoms with Gasteiger partial charge in [0, 0.05) is 23.7 Å². The molecule has 1 N–H and O–H groups in total. The van der Waals surface area contributed by atoms with E-state index in [2.05, 4.69) is 33.7 Å². The molecular weight excluding hydrogens is 222 g/mol. The van der Waals surface area contributed by atoms with Crippen LogP contribution in [0.1, 0.15) is 0 Å². The molecule has 0 radical (unpaired) electrons. The van der Waals surface area contributed by atoms with Crippen molar-refractivity contribution in [3.05, 3.63) is 54.6 Å². The summed E-state index contributed by atoms with van der Waals surface area (Å²) in [6.45, 7) is 0. The summed E-state index contributed by atoms with van der Waals surface area (Å²) in [5.74, 6) is 0. The Bertz CT molecular complexity index is 692. The summed E-state index contributed by atoms with van der Waals surface area (Å²) < 4.78 is 0. The van der Waals surface area contributed by atoms with Gasteiger partial charge in [0.15, 0.2) is 0 Å². The van der Waals surface area contributed by atoms with E-state index in [4.69, 9.17) is 0 Å². The molecule has 0 saturated carbocycles. The van der Waals surface area contributed by atoms with Gasteiger partial charge in [0.25, 0.3) is 0 Å². The van der Waals surface area contributed by atoms with Crippen LogP contribution in [-0.4, -0.2) is 17.2 Å². The summed E-state index contributed by atoms with van der Waals surface area (Å²) >= 11 is 0. The Morgan fingerprint density at radius 2 is 1.78 bits per heavy atom. The Morgan fingerprint density at radius 1 is 0.889 bits per heavy atom. The predicted octanol–water partition coefficient (Wildman–Crippen LogP) is 3.34. The lowest BCUT2D eigenvalue weighted by atomic mass is 10.1. The summed E-state index contributed by atoms with van der Waals surface area (Å²) in [5, 5.41) is 12.8. The van der Waals surface area contributed by atoms with Crippen molar-refractivity contribution in [2.75, 3.05) is 12.4 Å². The normalized spacial score (nSPS) is 10.5. The maximum absolute atomic E-state index is 4.27. The number of rotatable bonds is 2. The van der Waals surface area contributed by atoms with Crippen LogP contribution in [0.4, 0.5) is 5.69 Å². The van der Waals surface area contributed by atoms with Crippen LogP contribution in [0, 0.1) is 0 Å². The number of hydrogen-bond acceptors (Lipinski definition) is 3. The zero-order valence-corrected chi connectivity index (χ0v) is 10.1. The van der Waals surface area contributed by atoms with Gasteiger partial charge in [-0.3, -0.25) is 0 Å². The molecule has 0 unspecified atom stereocenters. The third-order valence-electron chi connectivity index (χ3n) is 2.94. The van der Waals surface area contributed by atoms with Gasteiger partial charge in [-0.15, -0.1) is 10.2 Å². The van der Waals surface area contributed by atoms with Crippen LogP contribution in [0.3, 0.4) is 0 Å². The quantitative estimate of drug-likeness (QED) is 0.740. The molecule has 3 heteroatoms. The highest BCUT2D eigenvalue weighted by Gasteiger charge is 2.02. The van der Waals surface area contributed by atoms with Gasteiger partial charge in [0.1, 0.15) is 0 Å². The fourth-order valence-corrected chi connectivity index (χ4v) is 1.96. The van der Waals surface area contributed by atoms with Gasteiger partial charge >= 0.3 is 0 Å². The van der Waals surface area contributed by atoms with Gasteiger partial charge in [-0.25, -0.2) is 0 Å². The molecule has 0 spiro atoms. The standard InChI is InChI=1S/C15H13N3/c1-16-13-7-4-6-11(9-13)15-10-12-5-2-3-8-14(12)17-18-15/h2-10,16H,1H3. The van der Waals surface area contributed by atoms with Crippen molar-refractivity contribution in [3.8, 4) is 11.3 Å². The topological polar surface area (TPSA) is 37.8 Å². The molecule has 3 rings (SSSR count). The number of fused-ring (bicyclic) bond motifs is 1. The van der Waals surface area contributed by atoms with Gasteiger partial charge < -0.3 is 5.32 Å². The van der Waals surface area contributed by atoms with E-state index in [1.807, 2.05) is 43.4 Å². The van der Waals surface area contributed by atoms with Crippen LogP contribution >= 0.6 is 0 Å². The van der Waals surface area contributed by atoms with E-state index in [0.29, 0.717) is 0 Å². The molecule has 1 aromatic heterocycles. The molecular formula is C15H13N3. The van der Waals surface area contributed by atoms with Crippen molar-refractivity contribution in [2.24, 2.45) is 0 Å². The highest BCUT2D eigenvalue weighted by atomic mass is 15.1. The van der Waals surface area contributed by atoms with E-state index in [1.165, 1.54) is 0 Å². The predicted molar refractivity (Wildman–Crippen MR) is 74.5 cm³/mol. The van der Waals surface area contributed by atoms with Crippen LogP contribution in [0.2, 0.25) is 0 Å². The van der Waals surface area contributed by atoms with Crippen LogP contribution in [0.15, 0.2) is 54.6 Å². The van der Waals surface area contributed by atoms with Crippen LogP contribution in [-0.2, 0) is 0 Å². The third-order valence-corrected chi connectivity index (χ3v) is 2.94. The zero-order valence-electron chi connectivity index (χ0n) is 10.1. The second-order valence-corrected chi connectivity index (χ2v) is 4.12. The Hall–Kier alpha value is -2.42. The Morgan fingerprint density at radius 3 is 2.67 bits per heavy atom. The Balaban J connectivity index is 2.13. The molecule has 0 amide bonds. The molecule has 0 aliphatic heterocycles. The van der Waals surface area contributed by atoms with Crippen LogP contribution in [0.25, 0.3) is 22.2 Å². The number of nitrogens with one attached hydrogen (secondary N) is 1. The molecule has 3 aromatic rings. The molecule has 0 saturated heterocycles. The lowest BCUT2D eigenvalue weighted by Crippen LogP contribution is -1.91. The first-order valence-corrected chi connectivity index (χ1v) is 5.87. The lowest BCUT2D eigenvalue weighted by molar-refractivity contribution is 1.08. The van der Waals surface area contributed by atoms with E-state index >= 15 is 0 Å². The van der Waals surface area contributed by atoms with Crippen molar-refractivity contribution in [1.29, 1.82) is 0 Å². The number of benzene rings is 2. The molecule has 1 heterocycles. The van der Waals surface area contributed by atoms with Crippen molar-refractivity contribution >= 4 is 16.6 Å². The highest BCUT2D eigenvalue weighted by Crippen LogP contribution is 2.22. The second kappa shape index (κ2) is 4.45. The highest BCUT2D eigenvalue weighted by molar-refractivity contribution is 5.82. The largest absolute Gasteiger partial charge is 0.388 e. The molecule has 3 nitrogen and oxygen atoms in total. The molecule has 2 aromatic carbocycles. The van der Waals surface area contributed by atoms with Crippen LogP contribution in [0.5, 0.6) is 0 Å². The van der Waals surface area contributed by atoms with E-state index in [1.54, 1.807) is 0 Å². The average molecular weight is 235 g/mol. The lowest BCUT2D eigenvalue weighted by Gasteiger charge is -2.04. The summed E-state index contributed by atoms with van der Waals surface area (Å²) in [7, 11) is 1.91. The SMILES string of the molecule is CNc1cccc(-c2cc3ccccc3nn2)c1. The number of aromatic nitrogens is 2. The fraction of sp³-hybridized carbons (Fsp3) is 0.0667. The first kappa shape index (κ1) is 10.7. The number of hydrogen-bond donors (Lipinski definition) is 1. The average Bonchev–Trinajstić information content (AvgIpc) is 2.47. The first-order valence-electron chi connectivity index (χ1n) is 5.87. The Kier molecular flexibility index (Phi) is 2.65. The van der Waals surface area contributed by atoms with E-state index in [9.17, 15) is 0 Å². The van der Waals surface area contributed by atoms with E-state index in [0.717, 1.165) is 27.8 Å². The smallest absolute Gasteiger partial charge is 0.0936 e. The molecule has 0 aliphatic rings. The molecule has 0 atom stereocenters.